The van der Waals surface area contributed by atoms with Gasteiger partial charge in [-0.25, -0.2) is 5.43 Å². The fourth-order valence-corrected chi connectivity index (χ4v) is 3.21. The van der Waals surface area contributed by atoms with Crippen molar-refractivity contribution >= 4 is 39.7 Å². The largest absolute Gasteiger partial charge is 0.493 e. The molecule has 0 bridgehead atoms. The molecule has 3 aromatic rings. The highest BCUT2D eigenvalue weighted by Crippen LogP contribution is 2.37. The van der Waals surface area contributed by atoms with E-state index in [9.17, 15) is 4.79 Å². The van der Waals surface area contributed by atoms with E-state index in [0.29, 0.717) is 38.7 Å². The number of ether oxygens (including phenoxy) is 2. The first-order chi connectivity index (χ1) is 14.1. The van der Waals surface area contributed by atoms with Gasteiger partial charge in [0.25, 0.3) is 5.91 Å². The zero-order valence-corrected chi connectivity index (χ0v) is 17.8. The van der Waals surface area contributed by atoms with Gasteiger partial charge in [-0.2, -0.15) is 5.10 Å². The molecule has 2 aromatic carbocycles. The van der Waals surface area contributed by atoms with Crippen LogP contribution in [0.25, 0.3) is 0 Å². The van der Waals surface area contributed by atoms with Crippen molar-refractivity contribution in [2.45, 2.75) is 6.61 Å². The number of benzene rings is 2. The number of aromatic nitrogens is 1. The number of hydrogen-bond acceptors (Lipinski definition) is 5. The molecule has 0 saturated carbocycles. The van der Waals surface area contributed by atoms with Gasteiger partial charge in [-0.15, -0.1) is 0 Å². The van der Waals surface area contributed by atoms with Gasteiger partial charge in [0.1, 0.15) is 6.61 Å². The number of amides is 1. The smallest absolute Gasteiger partial charge is 0.272 e. The number of hydrogen-bond donors (Lipinski definition) is 1. The Kier molecular flexibility index (Phi) is 7.21. The Labute approximate surface area is 181 Å². The molecule has 1 amide bonds. The molecule has 0 unspecified atom stereocenters. The van der Waals surface area contributed by atoms with Crippen LogP contribution in [0, 0.1) is 0 Å². The van der Waals surface area contributed by atoms with Crippen LogP contribution < -0.4 is 14.9 Å². The molecule has 0 aliphatic rings. The number of carbonyl (C=O) groups is 1. The lowest BCUT2D eigenvalue weighted by Crippen LogP contribution is -2.17. The summed E-state index contributed by atoms with van der Waals surface area (Å²) in [4.78, 5) is 15.9. The number of rotatable bonds is 7. The predicted molar refractivity (Wildman–Crippen MR) is 116 cm³/mol. The summed E-state index contributed by atoms with van der Waals surface area (Å²) in [5.74, 6) is 0.718. The molecule has 0 saturated heterocycles. The van der Waals surface area contributed by atoms with Crippen molar-refractivity contribution in [1.82, 2.24) is 10.4 Å². The van der Waals surface area contributed by atoms with Crippen molar-refractivity contribution in [3.63, 3.8) is 0 Å². The van der Waals surface area contributed by atoms with Gasteiger partial charge in [-0.05, 0) is 51.8 Å². The first-order valence-electron chi connectivity index (χ1n) is 8.55. The van der Waals surface area contributed by atoms with Crippen LogP contribution in [0.15, 0.2) is 70.5 Å². The van der Waals surface area contributed by atoms with Gasteiger partial charge in [-0.3, -0.25) is 9.78 Å². The van der Waals surface area contributed by atoms with Crippen LogP contribution in [0.5, 0.6) is 11.5 Å². The first kappa shape index (κ1) is 20.8. The number of nitrogens with one attached hydrogen (secondary N) is 1. The van der Waals surface area contributed by atoms with Crippen LogP contribution in [0.4, 0.5) is 0 Å². The predicted octanol–water partition coefficient (Wildman–Crippen LogP) is 4.85. The van der Waals surface area contributed by atoms with Crippen LogP contribution in [0.1, 0.15) is 21.5 Å². The Bertz CT molecular complexity index is 1030. The van der Waals surface area contributed by atoms with E-state index in [1.165, 1.54) is 12.4 Å². The van der Waals surface area contributed by atoms with E-state index in [2.05, 4.69) is 31.4 Å². The van der Waals surface area contributed by atoms with Crippen LogP contribution in [0.2, 0.25) is 5.02 Å². The Morgan fingerprint density at radius 3 is 2.83 bits per heavy atom. The maximum atomic E-state index is 12.0. The summed E-state index contributed by atoms with van der Waals surface area (Å²) in [5.41, 5.74) is 4.46. The topological polar surface area (TPSA) is 72.8 Å². The van der Waals surface area contributed by atoms with Crippen molar-refractivity contribution in [1.29, 1.82) is 0 Å². The van der Waals surface area contributed by atoms with E-state index >= 15 is 0 Å². The van der Waals surface area contributed by atoms with Crippen molar-refractivity contribution in [3.8, 4) is 11.5 Å². The second kappa shape index (κ2) is 10.0. The third-order valence-electron chi connectivity index (χ3n) is 3.89. The zero-order chi connectivity index (χ0) is 20.6. The van der Waals surface area contributed by atoms with Crippen LogP contribution >= 0.6 is 27.5 Å². The first-order valence-corrected chi connectivity index (χ1v) is 9.72. The van der Waals surface area contributed by atoms with Crippen LogP contribution in [-0.2, 0) is 6.61 Å². The number of pyridine rings is 1. The Hall–Kier alpha value is -2.90. The molecule has 8 heteroatoms. The fourth-order valence-electron chi connectivity index (χ4n) is 2.45. The average molecular weight is 475 g/mol. The molecule has 0 spiro atoms. The van der Waals surface area contributed by atoms with Gasteiger partial charge in [0.05, 0.1) is 23.4 Å². The normalized spacial score (nSPS) is 10.7. The van der Waals surface area contributed by atoms with Crippen LogP contribution in [0.3, 0.4) is 0 Å². The van der Waals surface area contributed by atoms with Crippen LogP contribution in [-0.4, -0.2) is 24.2 Å². The minimum Gasteiger partial charge on any atom is -0.493 e. The lowest BCUT2D eigenvalue weighted by molar-refractivity contribution is 0.0955. The van der Waals surface area contributed by atoms with E-state index in [0.717, 1.165) is 5.56 Å². The Morgan fingerprint density at radius 2 is 2.10 bits per heavy atom. The number of carbonyl (C=O) groups excluding carboxylic acids is 1. The number of halogens is 2. The molecule has 0 fully saturated rings. The maximum Gasteiger partial charge on any atom is 0.272 e. The third kappa shape index (κ3) is 5.56. The van der Waals surface area contributed by atoms with E-state index in [-0.39, 0.29) is 5.91 Å². The summed E-state index contributed by atoms with van der Waals surface area (Å²) in [5, 5.41) is 4.62. The summed E-state index contributed by atoms with van der Waals surface area (Å²) in [6, 6.07) is 14.4. The Morgan fingerprint density at radius 1 is 1.28 bits per heavy atom. The maximum absolute atomic E-state index is 12.0. The summed E-state index contributed by atoms with van der Waals surface area (Å²) in [6.07, 6.45) is 4.58. The van der Waals surface area contributed by atoms with E-state index in [1.807, 2.05) is 30.3 Å². The fraction of sp³-hybridized carbons (Fsp3) is 0.0952. The SMILES string of the molecule is COc1cc(/C=N/NC(=O)c2cccnc2)cc(Br)c1OCc1ccccc1Cl. The van der Waals surface area contributed by atoms with Gasteiger partial charge in [0, 0.05) is 23.0 Å². The van der Waals surface area contributed by atoms with E-state index in [1.54, 1.807) is 31.5 Å². The summed E-state index contributed by atoms with van der Waals surface area (Å²) in [6.45, 7) is 0.295. The van der Waals surface area contributed by atoms with E-state index in [4.69, 9.17) is 21.1 Å². The molecule has 0 aliphatic carbocycles. The average Bonchev–Trinajstić information content (AvgIpc) is 2.74. The number of methoxy groups -OCH3 is 1. The third-order valence-corrected chi connectivity index (χ3v) is 4.84. The van der Waals surface area contributed by atoms with Gasteiger partial charge in [0.2, 0.25) is 0 Å². The second-order valence-electron chi connectivity index (χ2n) is 5.86. The molecule has 6 nitrogen and oxygen atoms in total. The summed E-state index contributed by atoms with van der Waals surface area (Å²) < 4.78 is 12.0. The van der Waals surface area contributed by atoms with Gasteiger partial charge < -0.3 is 9.47 Å². The highest BCUT2D eigenvalue weighted by atomic mass is 79.9. The van der Waals surface area contributed by atoms with Crippen molar-refractivity contribution in [2.75, 3.05) is 7.11 Å². The Balaban J connectivity index is 1.70. The molecule has 3 rings (SSSR count). The molecular formula is C21H17BrClN3O3. The molecule has 1 N–H and O–H groups in total. The zero-order valence-electron chi connectivity index (χ0n) is 15.4. The highest BCUT2D eigenvalue weighted by Gasteiger charge is 2.12. The standard InChI is InChI=1S/C21H17BrClN3O3/c1-28-19-10-14(11-25-26-21(27)15-6-4-8-24-12-15)9-17(22)20(19)29-13-16-5-2-3-7-18(16)23/h2-12H,13H2,1H3,(H,26,27)/b25-11+. The number of hydrazone groups is 1. The molecule has 1 aromatic heterocycles. The van der Waals surface area contributed by atoms with Crippen molar-refractivity contribution in [3.05, 3.63) is 87.1 Å². The van der Waals surface area contributed by atoms with Gasteiger partial charge in [-0.1, -0.05) is 29.8 Å². The van der Waals surface area contributed by atoms with Crippen molar-refractivity contribution < 1.29 is 14.3 Å². The van der Waals surface area contributed by atoms with Gasteiger partial charge >= 0.3 is 0 Å². The summed E-state index contributed by atoms with van der Waals surface area (Å²) in [7, 11) is 1.55. The highest BCUT2D eigenvalue weighted by molar-refractivity contribution is 9.10. The molecule has 29 heavy (non-hydrogen) atoms. The molecular weight excluding hydrogens is 458 g/mol. The summed E-state index contributed by atoms with van der Waals surface area (Å²) >= 11 is 9.67. The minimum atomic E-state index is -0.347. The molecule has 0 aliphatic heterocycles. The monoisotopic (exact) mass is 473 g/mol. The van der Waals surface area contributed by atoms with E-state index < -0.39 is 0 Å². The molecule has 0 atom stereocenters. The molecule has 1 heterocycles. The number of nitrogens with zero attached hydrogens (tertiary/aromatic N) is 2. The lowest BCUT2D eigenvalue weighted by Gasteiger charge is -2.14. The lowest BCUT2D eigenvalue weighted by atomic mass is 10.2. The van der Waals surface area contributed by atoms with Gasteiger partial charge in [0.15, 0.2) is 11.5 Å². The molecule has 0 radical (unpaired) electrons. The quantitative estimate of drug-likeness (QED) is 0.392. The second-order valence-corrected chi connectivity index (χ2v) is 7.12. The minimum absolute atomic E-state index is 0.295. The molecule has 148 valence electrons. The van der Waals surface area contributed by atoms with Crippen molar-refractivity contribution in [2.24, 2.45) is 5.10 Å².